The molecule has 4 heteroatoms. The summed E-state index contributed by atoms with van der Waals surface area (Å²) in [7, 11) is 1.66. The second-order valence-corrected chi connectivity index (χ2v) is 6.60. The third kappa shape index (κ3) is 3.29. The number of hydrogen-bond acceptors (Lipinski definition) is 4. The molecule has 1 N–H and O–H groups in total. The van der Waals surface area contributed by atoms with Gasteiger partial charge in [-0.2, -0.15) is 0 Å². The number of methoxy groups -OCH3 is 1. The summed E-state index contributed by atoms with van der Waals surface area (Å²) in [5, 5.41) is 3.52. The Hall–Kier alpha value is -2.33. The number of benzene rings is 1. The van der Waals surface area contributed by atoms with Crippen LogP contribution in [0, 0.1) is 11.8 Å². The van der Waals surface area contributed by atoms with E-state index in [1.54, 1.807) is 13.3 Å². The standard InChI is InChI=1S/C20H22N2O2/c1-23-18-2-4-19(5-3-18)24-20-9-17(12-22-13-20)16-7-14-6-15(8-16)11-21-10-14/h2-5,7,9,12-15,21H,6,8,10-11H2,1H3/t14-,15+/m1/s1. The van der Waals surface area contributed by atoms with Crippen molar-refractivity contribution in [2.45, 2.75) is 12.8 Å². The van der Waals surface area contributed by atoms with E-state index in [1.165, 1.54) is 17.6 Å². The molecule has 1 aliphatic heterocycles. The molecular weight excluding hydrogens is 300 g/mol. The van der Waals surface area contributed by atoms with Crippen molar-refractivity contribution in [1.82, 2.24) is 10.3 Å². The lowest BCUT2D eigenvalue weighted by Gasteiger charge is -2.34. The first-order valence-corrected chi connectivity index (χ1v) is 8.49. The average Bonchev–Trinajstić information content (AvgIpc) is 2.62. The van der Waals surface area contributed by atoms with Crippen molar-refractivity contribution in [3.8, 4) is 17.2 Å². The second-order valence-electron chi connectivity index (χ2n) is 6.60. The van der Waals surface area contributed by atoms with Crippen LogP contribution in [0.2, 0.25) is 0 Å². The van der Waals surface area contributed by atoms with Gasteiger partial charge in [0, 0.05) is 12.7 Å². The Morgan fingerprint density at radius 1 is 1.04 bits per heavy atom. The van der Waals surface area contributed by atoms with Gasteiger partial charge in [0.05, 0.1) is 13.3 Å². The van der Waals surface area contributed by atoms with Gasteiger partial charge in [0.15, 0.2) is 0 Å². The number of piperidine rings is 1. The van der Waals surface area contributed by atoms with Gasteiger partial charge in [-0.1, -0.05) is 6.08 Å². The predicted octanol–water partition coefficient (Wildman–Crippen LogP) is 3.90. The molecule has 4 rings (SSSR count). The Morgan fingerprint density at radius 2 is 1.88 bits per heavy atom. The number of ether oxygens (including phenoxy) is 2. The molecule has 0 amide bonds. The summed E-state index contributed by atoms with van der Waals surface area (Å²) in [6.45, 7) is 2.22. The highest BCUT2D eigenvalue weighted by atomic mass is 16.5. The molecule has 2 atom stereocenters. The minimum atomic E-state index is 0.652. The summed E-state index contributed by atoms with van der Waals surface area (Å²) < 4.78 is 11.1. The van der Waals surface area contributed by atoms with Gasteiger partial charge in [-0.3, -0.25) is 4.98 Å². The van der Waals surface area contributed by atoms with Crippen molar-refractivity contribution in [1.29, 1.82) is 0 Å². The van der Waals surface area contributed by atoms with Crippen LogP contribution in [0.15, 0.2) is 48.8 Å². The van der Waals surface area contributed by atoms with E-state index in [2.05, 4.69) is 22.4 Å². The highest BCUT2D eigenvalue weighted by Gasteiger charge is 2.26. The van der Waals surface area contributed by atoms with Crippen LogP contribution < -0.4 is 14.8 Å². The SMILES string of the molecule is COc1ccc(Oc2cncc(C3=C[C@@H]4CNC[C@H](C3)C4)c2)cc1. The Bertz CT molecular complexity index is 740. The molecular formula is C20H22N2O2. The van der Waals surface area contributed by atoms with Crippen molar-refractivity contribution in [3.05, 3.63) is 54.4 Å². The zero-order chi connectivity index (χ0) is 16.4. The largest absolute Gasteiger partial charge is 0.497 e. The van der Waals surface area contributed by atoms with E-state index in [1.807, 2.05) is 30.5 Å². The number of hydrogen-bond donors (Lipinski definition) is 1. The first-order chi connectivity index (χ1) is 11.8. The van der Waals surface area contributed by atoms with Crippen LogP contribution in [0.25, 0.3) is 5.57 Å². The fourth-order valence-corrected chi connectivity index (χ4v) is 3.66. The normalized spacial score (nSPS) is 22.6. The third-order valence-electron chi connectivity index (χ3n) is 4.80. The van der Waals surface area contributed by atoms with Crippen molar-refractivity contribution < 1.29 is 9.47 Å². The van der Waals surface area contributed by atoms with Crippen LogP contribution in [0.1, 0.15) is 18.4 Å². The van der Waals surface area contributed by atoms with Crippen LogP contribution in [0.3, 0.4) is 0 Å². The van der Waals surface area contributed by atoms with Gasteiger partial charge < -0.3 is 14.8 Å². The zero-order valence-corrected chi connectivity index (χ0v) is 13.9. The molecule has 2 aromatic rings. The molecule has 124 valence electrons. The third-order valence-corrected chi connectivity index (χ3v) is 4.80. The monoisotopic (exact) mass is 322 g/mol. The Balaban J connectivity index is 1.54. The maximum atomic E-state index is 5.95. The number of rotatable bonds is 4. The van der Waals surface area contributed by atoms with Crippen LogP contribution >= 0.6 is 0 Å². The number of allylic oxidation sites excluding steroid dienone is 1. The van der Waals surface area contributed by atoms with Crippen molar-refractivity contribution in [2.24, 2.45) is 11.8 Å². The smallest absolute Gasteiger partial charge is 0.146 e. The molecule has 4 nitrogen and oxygen atoms in total. The minimum absolute atomic E-state index is 0.652. The highest BCUT2D eigenvalue weighted by Crippen LogP contribution is 2.36. The summed E-state index contributed by atoms with van der Waals surface area (Å²) in [6.07, 6.45) is 8.56. The molecule has 1 aromatic heterocycles. The second kappa shape index (κ2) is 6.65. The van der Waals surface area contributed by atoms with Crippen molar-refractivity contribution in [2.75, 3.05) is 20.2 Å². The van der Waals surface area contributed by atoms with Crippen LogP contribution in [0.5, 0.6) is 17.2 Å². The molecule has 0 saturated carbocycles. The molecule has 2 heterocycles. The van der Waals surface area contributed by atoms with E-state index in [0.29, 0.717) is 5.92 Å². The maximum absolute atomic E-state index is 5.95. The fourth-order valence-electron chi connectivity index (χ4n) is 3.66. The Labute approximate surface area is 142 Å². The van der Waals surface area contributed by atoms with E-state index in [4.69, 9.17) is 9.47 Å². The lowest BCUT2D eigenvalue weighted by molar-refractivity contribution is 0.316. The summed E-state index contributed by atoms with van der Waals surface area (Å²) in [4.78, 5) is 4.38. The quantitative estimate of drug-likeness (QED) is 0.927. The van der Waals surface area contributed by atoms with Crippen LogP contribution in [0.4, 0.5) is 0 Å². The van der Waals surface area contributed by atoms with Gasteiger partial charge in [-0.25, -0.2) is 0 Å². The molecule has 2 aliphatic rings. The van der Waals surface area contributed by atoms with E-state index >= 15 is 0 Å². The van der Waals surface area contributed by atoms with Gasteiger partial charge in [0.2, 0.25) is 0 Å². The molecule has 1 aromatic carbocycles. The molecule has 1 fully saturated rings. The predicted molar refractivity (Wildman–Crippen MR) is 94.4 cm³/mol. The van der Waals surface area contributed by atoms with Crippen molar-refractivity contribution in [3.63, 3.8) is 0 Å². The van der Waals surface area contributed by atoms with Crippen molar-refractivity contribution >= 4 is 5.57 Å². The van der Waals surface area contributed by atoms with Gasteiger partial charge >= 0.3 is 0 Å². The van der Waals surface area contributed by atoms with E-state index in [0.717, 1.165) is 42.7 Å². The lowest BCUT2D eigenvalue weighted by Crippen LogP contribution is -2.37. The number of nitrogens with one attached hydrogen (secondary N) is 1. The van der Waals surface area contributed by atoms with Crippen LogP contribution in [-0.2, 0) is 0 Å². The number of aromatic nitrogens is 1. The first-order valence-electron chi connectivity index (χ1n) is 8.49. The number of fused-ring (bicyclic) bond motifs is 2. The Kier molecular flexibility index (Phi) is 4.22. The molecule has 0 radical (unpaired) electrons. The zero-order valence-electron chi connectivity index (χ0n) is 13.9. The van der Waals surface area contributed by atoms with Gasteiger partial charge in [0.25, 0.3) is 0 Å². The van der Waals surface area contributed by atoms with E-state index in [-0.39, 0.29) is 0 Å². The molecule has 1 saturated heterocycles. The molecule has 2 bridgehead atoms. The maximum Gasteiger partial charge on any atom is 0.146 e. The molecule has 0 unspecified atom stereocenters. The van der Waals surface area contributed by atoms with Gasteiger partial charge in [0.1, 0.15) is 17.2 Å². The fraction of sp³-hybridized carbons (Fsp3) is 0.350. The summed E-state index contributed by atoms with van der Waals surface area (Å²) in [5.74, 6) is 3.77. The Morgan fingerprint density at radius 3 is 2.67 bits per heavy atom. The average molecular weight is 322 g/mol. The summed E-state index contributed by atoms with van der Waals surface area (Å²) in [5.41, 5.74) is 2.59. The van der Waals surface area contributed by atoms with Gasteiger partial charge in [-0.05, 0) is 72.7 Å². The van der Waals surface area contributed by atoms with E-state index < -0.39 is 0 Å². The minimum Gasteiger partial charge on any atom is -0.497 e. The van der Waals surface area contributed by atoms with Crippen LogP contribution in [-0.4, -0.2) is 25.2 Å². The molecule has 0 spiro atoms. The lowest BCUT2D eigenvalue weighted by atomic mass is 9.78. The summed E-state index contributed by atoms with van der Waals surface area (Å²) >= 11 is 0. The molecule has 1 aliphatic carbocycles. The topological polar surface area (TPSA) is 43.4 Å². The molecule has 24 heavy (non-hydrogen) atoms. The van der Waals surface area contributed by atoms with Gasteiger partial charge in [-0.15, -0.1) is 0 Å². The number of nitrogens with zero attached hydrogens (tertiary/aromatic N) is 1. The van der Waals surface area contributed by atoms with E-state index in [9.17, 15) is 0 Å². The highest BCUT2D eigenvalue weighted by molar-refractivity contribution is 5.67. The number of pyridine rings is 1. The first kappa shape index (κ1) is 15.2. The summed E-state index contributed by atoms with van der Waals surface area (Å²) in [6, 6.07) is 9.69.